The number of amides is 1. The zero-order valence-electron chi connectivity index (χ0n) is 16.7. The Morgan fingerprint density at radius 2 is 2.17 bits per heavy atom. The number of hydrogen-bond acceptors (Lipinski definition) is 6. The summed E-state index contributed by atoms with van der Waals surface area (Å²) in [5.41, 5.74) is 2.32. The fourth-order valence-corrected chi connectivity index (χ4v) is 5.34. The van der Waals surface area contributed by atoms with Crippen molar-refractivity contribution in [3.8, 4) is 0 Å². The maximum atomic E-state index is 12.6. The Morgan fingerprint density at radius 1 is 1.45 bits per heavy atom. The third-order valence-corrected chi connectivity index (χ3v) is 6.64. The van der Waals surface area contributed by atoms with Gasteiger partial charge in [0.15, 0.2) is 5.11 Å². The number of thiocarbonyl (C=S) groups is 1. The van der Waals surface area contributed by atoms with E-state index in [9.17, 15) is 9.59 Å². The van der Waals surface area contributed by atoms with Crippen molar-refractivity contribution >= 4 is 57.1 Å². The van der Waals surface area contributed by atoms with Crippen LogP contribution in [0.4, 0.5) is 5.00 Å². The van der Waals surface area contributed by atoms with Crippen LogP contribution in [-0.2, 0) is 24.6 Å². The van der Waals surface area contributed by atoms with E-state index in [2.05, 4.69) is 22.7 Å². The minimum absolute atomic E-state index is 0.0853. The van der Waals surface area contributed by atoms with E-state index < -0.39 is 5.91 Å². The Bertz CT molecular complexity index is 983. The molecule has 0 saturated heterocycles. The van der Waals surface area contributed by atoms with E-state index in [1.54, 1.807) is 20.9 Å². The first-order valence-corrected chi connectivity index (χ1v) is 11.0. The number of halogens is 1. The molecule has 0 saturated carbocycles. The third-order valence-electron chi connectivity index (χ3n) is 4.81. The van der Waals surface area contributed by atoms with Crippen molar-refractivity contribution in [3.63, 3.8) is 0 Å². The lowest BCUT2D eigenvalue weighted by molar-refractivity contribution is 0.0526. The molecule has 3 rings (SSSR count). The number of fused-ring (bicyclic) bond motifs is 1. The molecule has 1 amide bonds. The van der Waals surface area contributed by atoms with Gasteiger partial charge in [-0.05, 0) is 56.8 Å². The predicted molar refractivity (Wildman–Crippen MR) is 118 cm³/mol. The molecular weight excluding hydrogens is 432 g/mol. The number of rotatable bonds is 4. The SMILES string of the molecule is CCOC(=O)c1c(NC(=S)NC(=O)c2c(Cl)c(C)nn2C)sc2c1CC[C@@H](C)C2. The number of nitrogens with zero attached hydrogens (tertiary/aromatic N) is 2. The molecule has 2 aromatic rings. The molecular formula is C19H23ClN4O3S2. The van der Waals surface area contributed by atoms with Gasteiger partial charge in [0.2, 0.25) is 0 Å². The molecule has 156 valence electrons. The predicted octanol–water partition coefficient (Wildman–Crippen LogP) is 3.87. The number of anilines is 1. The van der Waals surface area contributed by atoms with E-state index in [4.69, 9.17) is 28.6 Å². The summed E-state index contributed by atoms with van der Waals surface area (Å²) in [6.07, 6.45) is 2.76. The monoisotopic (exact) mass is 454 g/mol. The summed E-state index contributed by atoms with van der Waals surface area (Å²) in [6.45, 7) is 5.98. The molecule has 1 atom stereocenters. The minimum atomic E-state index is -0.469. The van der Waals surface area contributed by atoms with Gasteiger partial charge in [-0.2, -0.15) is 5.10 Å². The van der Waals surface area contributed by atoms with Crippen molar-refractivity contribution in [2.75, 3.05) is 11.9 Å². The number of esters is 1. The molecule has 1 aliphatic rings. The van der Waals surface area contributed by atoms with Crippen molar-refractivity contribution in [1.82, 2.24) is 15.1 Å². The molecule has 2 heterocycles. The number of aromatic nitrogens is 2. The molecule has 2 aromatic heterocycles. The van der Waals surface area contributed by atoms with Gasteiger partial charge in [-0.3, -0.25) is 14.8 Å². The lowest BCUT2D eigenvalue weighted by Gasteiger charge is -2.18. The number of aryl methyl sites for hydroxylation is 2. The molecule has 0 bridgehead atoms. The number of thiophene rings is 1. The Kier molecular flexibility index (Phi) is 6.60. The molecule has 0 fully saturated rings. The Balaban J connectivity index is 1.82. The van der Waals surface area contributed by atoms with E-state index >= 15 is 0 Å². The molecule has 0 spiro atoms. The van der Waals surface area contributed by atoms with Crippen LogP contribution < -0.4 is 10.6 Å². The number of carbonyl (C=O) groups excluding carboxylic acids is 2. The van der Waals surface area contributed by atoms with Crippen LogP contribution in [0.15, 0.2) is 0 Å². The largest absolute Gasteiger partial charge is 0.462 e. The van der Waals surface area contributed by atoms with Crippen LogP contribution in [-0.4, -0.2) is 33.4 Å². The van der Waals surface area contributed by atoms with E-state index in [-0.39, 0.29) is 21.8 Å². The van der Waals surface area contributed by atoms with Gasteiger partial charge in [-0.15, -0.1) is 11.3 Å². The average molecular weight is 455 g/mol. The second kappa shape index (κ2) is 8.81. The zero-order chi connectivity index (χ0) is 21.3. The first-order valence-electron chi connectivity index (χ1n) is 9.35. The Morgan fingerprint density at radius 3 is 2.79 bits per heavy atom. The van der Waals surface area contributed by atoms with Crippen LogP contribution >= 0.6 is 35.2 Å². The standard InChI is InChI=1S/C19H23ClN4O3S2/c1-5-27-18(26)13-11-7-6-9(2)8-12(11)29-17(13)22-19(28)21-16(25)15-14(20)10(3)23-24(15)4/h9H,5-8H2,1-4H3,(H2,21,22,25,28)/t9-/m1/s1. The summed E-state index contributed by atoms with van der Waals surface area (Å²) < 4.78 is 6.66. The molecule has 0 radical (unpaired) electrons. The molecule has 0 unspecified atom stereocenters. The summed E-state index contributed by atoms with van der Waals surface area (Å²) in [5.74, 6) is -0.282. The lowest BCUT2D eigenvalue weighted by atomic mass is 9.88. The normalized spacial score (nSPS) is 15.6. The second-order valence-electron chi connectivity index (χ2n) is 7.06. The fraction of sp³-hybridized carbons (Fsp3) is 0.474. The molecule has 2 N–H and O–H groups in total. The molecule has 10 heteroatoms. The van der Waals surface area contributed by atoms with Crippen LogP contribution in [0.2, 0.25) is 5.02 Å². The maximum absolute atomic E-state index is 12.6. The summed E-state index contributed by atoms with van der Waals surface area (Å²) in [5, 5.41) is 10.7. The molecule has 0 aromatic carbocycles. The molecule has 29 heavy (non-hydrogen) atoms. The van der Waals surface area contributed by atoms with Crippen LogP contribution in [0.1, 0.15) is 57.2 Å². The molecule has 1 aliphatic carbocycles. The van der Waals surface area contributed by atoms with E-state index in [0.717, 1.165) is 29.7 Å². The summed E-state index contributed by atoms with van der Waals surface area (Å²) in [6, 6.07) is 0. The number of hydrogen-bond donors (Lipinski definition) is 2. The van der Waals surface area contributed by atoms with Gasteiger partial charge in [0.05, 0.1) is 22.9 Å². The summed E-state index contributed by atoms with van der Waals surface area (Å²) >= 11 is 13.0. The van der Waals surface area contributed by atoms with Crippen molar-refractivity contribution in [1.29, 1.82) is 0 Å². The lowest BCUT2D eigenvalue weighted by Crippen LogP contribution is -2.35. The van der Waals surface area contributed by atoms with Gasteiger partial charge in [0, 0.05) is 11.9 Å². The zero-order valence-corrected chi connectivity index (χ0v) is 19.1. The van der Waals surface area contributed by atoms with E-state index in [0.29, 0.717) is 28.8 Å². The highest BCUT2D eigenvalue weighted by Gasteiger charge is 2.29. The smallest absolute Gasteiger partial charge is 0.341 e. The van der Waals surface area contributed by atoms with Crippen molar-refractivity contribution in [3.05, 3.63) is 32.4 Å². The van der Waals surface area contributed by atoms with E-state index in [1.807, 2.05) is 0 Å². The quantitative estimate of drug-likeness (QED) is 0.538. The van der Waals surface area contributed by atoms with Gasteiger partial charge >= 0.3 is 5.97 Å². The number of nitrogens with one attached hydrogen (secondary N) is 2. The highest BCUT2D eigenvalue weighted by molar-refractivity contribution is 7.80. The highest BCUT2D eigenvalue weighted by Crippen LogP contribution is 2.40. The maximum Gasteiger partial charge on any atom is 0.341 e. The Hall–Kier alpha value is -1.97. The van der Waals surface area contributed by atoms with Gasteiger partial charge in [0.25, 0.3) is 5.91 Å². The number of carbonyl (C=O) groups is 2. The first kappa shape index (κ1) is 21.7. The second-order valence-corrected chi connectivity index (χ2v) is 8.95. The first-order chi connectivity index (χ1) is 13.7. The third kappa shape index (κ3) is 4.46. The fourth-order valence-electron chi connectivity index (χ4n) is 3.43. The Labute approximate surface area is 183 Å². The van der Waals surface area contributed by atoms with Gasteiger partial charge in [-0.25, -0.2) is 4.79 Å². The highest BCUT2D eigenvalue weighted by atomic mass is 35.5. The van der Waals surface area contributed by atoms with Crippen LogP contribution in [0.25, 0.3) is 0 Å². The topological polar surface area (TPSA) is 85.2 Å². The van der Waals surface area contributed by atoms with Crippen LogP contribution in [0.5, 0.6) is 0 Å². The van der Waals surface area contributed by atoms with Crippen molar-refractivity contribution in [2.45, 2.75) is 40.0 Å². The van der Waals surface area contributed by atoms with Crippen molar-refractivity contribution in [2.24, 2.45) is 13.0 Å². The van der Waals surface area contributed by atoms with Gasteiger partial charge in [0.1, 0.15) is 10.7 Å². The average Bonchev–Trinajstić information content (AvgIpc) is 3.10. The molecule has 7 nitrogen and oxygen atoms in total. The number of ether oxygens (including phenoxy) is 1. The molecule has 0 aliphatic heterocycles. The van der Waals surface area contributed by atoms with Gasteiger partial charge in [-0.1, -0.05) is 18.5 Å². The van der Waals surface area contributed by atoms with Crippen molar-refractivity contribution < 1.29 is 14.3 Å². The summed E-state index contributed by atoms with van der Waals surface area (Å²) in [4.78, 5) is 26.3. The van der Waals surface area contributed by atoms with E-state index in [1.165, 1.54) is 16.0 Å². The summed E-state index contributed by atoms with van der Waals surface area (Å²) in [7, 11) is 1.64. The van der Waals surface area contributed by atoms with Crippen LogP contribution in [0.3, 0.4) is 0 Å². The van der Waals surface area contributed by atoms with Crippen LogP contribution in [0, 0.1) is 12.8 Å². The minimum Gasteiger partial charge on any atom is -0.462 e. The van der Waals surface area contributed by atoms with Gasteiger partial charge < -0.3 is 10.1 Å².